The number of aromatic nitrogens is 1. The van der Waals surface area contributed by atoms with E-state index in [1.807, 2.05) is 13.8 Å². The van der Waals surface area contributed by atoms with E-state index in [-0.39, 0.29) is 6.61 Å². The van der Waals surface area contributed by atoms with E-state index in [0.29, 0.717) is 45.1 Å². The Morgan fingerprint density at radius 2 is 2.17 bits per heavy atom. The van der Waals surface area contributed by atoms with Crippen molar-refractivity contribution in [1.29, 1.82) is 5.26 Å². The molecule has 2 aromatic rings. The van der Waals surface area contributed by atoms with E-state index in [9.17, 15) is 10.1 Å². The van der Waals surface area contributed by atoms with Gasteiger partial charge in [-0.2, -0.15) is 10.4 Å². The summed E-state index contributed by atoms with van der Waals surface area (Å²) >= 11 is 3.36. The Balaban J connectivity index is 2.28. The number of pyridine rings is 1. The van der Waals surface area contributed by atoms with Crippen molar-refractivity contribution in [2.24, 2.45) is 5.10 Å². The third-order valence-electron chi connectivity index (χ3n) is 3.70. The van der Waals surface area contributed by atoms with Gasteiger partial charge >= 0.3 is 5.97 Å². The lowest BCUT2D eigenvalue weighted by molar-refractivity contribution is -0.139. The number of aryl methyl sites for hydroxylation is 1. The maximum absolute atomic E-state index is 10.8. The second-order valence-electron chi connectivity index (χ2n) is 6.01. The van der Waals surface area contributed by atoms with Crippen molar-refractivity contribution in [3.8, 4) is 17.6 Å². The third kappa shape index (κ3) is 6.17. The molecule has 0 aliphatic carbocycles. The SMILES string of the molecule is CCOc1cc(C=NNc2nc(C)cc(COC)c2C#N)cc(Br)c1OCC(=O)O. The quantitative estimate of drug-likeness (QED) is 0.394. The van der Waals surface area contributed by atoms with E-state index in [1.165, 1.54) is 6.21 Å². The Hall–Kier alpha value is -3.16. The number of anilines is 1. The summed E-state index contributed by atoms with van der Waals surface area (Å²) in [5.74, 6) is -0.0960. The molecule has 0 spiro atoms. The standard InChI is InChI=1S/C20H21BrN4O5/c1-4-29-17-7-13(6-16(21)19(17)30-11-18(26)27)9-23-25-20-15(8-22)14(10-28-3)5-12(2)24-20/h5-7,9H,4,10-11H2,1-3H3,(H,24,25)(H,26,27). The average Bonchev–Trinajstić information content (AvgIpc) is 2.67. The van der Waals surface area contributed by atoms with Gasteiger partial charge in [0.25, 0.3) is 0 Å². The molecule has 0 saturated carbocycles. The fourth-order valence-electron chi connectivity index (χ4n) is 2.58. The number of aliphatic carboxylic acids is 1. The molecular formula is C20H21BrN4O5. The number of hydrogen-bond donors (Lipinski definition) is 2. The minimum absolute atomic E-state index is 0.285. The molecule has 30 heavy (non-hydrogen) atoms. The molecule has 1 heterocycles. The fourth-order valence-corrected chi connectivity index (χ4v) is 3.16. The maximum atomic E-state index is 10.8. The van der Waals surface area contributed by atoms with Crippen LogP contribution in [0, 0.1) is 18.3 Å². The van der Waals surface area contributed by atoms with Gasteiger partial charge in [-0.05, 0) is 53.5 Å². The lowest BCUT2D eigenvalue weighted by Gasteiger charge is -2.13. The Morgan fingerprint density at radius 1 is 1.40 bits per heavy atom. The highest BCUT2D eigenvalue weighted by Crippen LogP contribution is 2.36. The number of nitrogens with one attached hydrogen (secondary N) is 1. The van der Waals surface area contributed by atoms with Crippen LogP contribution in [0.3, 0.4) is 0 Å². The van der Waals surface area contributed by atoms with Crippen molar-refractivity contribution >= 4 is 33.9 Å². The monoisotopic (exact) mass is 476 g/mol. The molecule has 0 radical (unpaired) electrons. The number of carboxylic acid groups (broad SMARTS) is 1. The molecule has 158 valence electrons. The Kier molecular flexibility index (Phi) is 8.58. The summed E-state index contributed by atoms with van der Waals surface area (Å²) in [6.07, 6.45) is 1.52. The van der Waals surface area contributed by atoms with Gasteiger partial charge in [0.15, 0.2) is 23.9 Å². The van der Waals surface area contributed by atoms with Crippen LogP contribution in [0.4, 0.5) is 5.82 Å². The van der Waals surface area contributed by atoms with Crippen molar-refractivity contribution in [2.45, 2.75) is 20.5 Å². The number of benzene rings is 1. The number of carbonyl (C=O) groups is 1. The highest BCUT2D eigenvalue weighted by Gasteiger charge is 2.14. The molecule has 0 saturated heterocycles. The van der Waals surface area contributed by atoms with Crippen LogP contribution < -0.4 is 14.9 Å². The van der Waals surface area contributed by atoms with Gasteiger partial charge in [-0.3, -0.25) is 5.43 Å². The van der Waals surface area contributed by atoms with Gasteiger partial charge in [0.2, 0.25) is 0 Å². The molecule has 0 fully saturated rings. The maximum Gasteiger partial charge on any atom is 0.341 e. The van der Waals surface area contributed by atoms with Crippen LogP contribution in [0.15, 0.2) is 27.8 Å². The zero-order valence-corrected chi connectivity index (χ0v) is 18.3. The summed E-state index contributed by atoms with van der Waals surface area (Å²) in [6, 6.07) is 7.28. The number of rotatable bonds is 10. The van der Waals surface area contributed by atoms with Gasteiger partial charge < -0.3 is 19.3 Å². The van der Waals surface area contributed by atoms with Crippen molar-refractivity contribution in [2.75, 3.05) is 25.7 Å². The van der Waals surface area contributed by atoms with Gasteiger partial charge in [-0.15, -0.1) is 0 Å². The number of nitriles is 1. The van der Waals surface area contributed by atoms with Crippen LogP contribution in [0.25, 0.3) is 0 Å². The zero-order chi connectivity index (χ0) is 22.1. The van der Waals surface area contributed by atoms with E-state index in [1.54, 1.807) is 25.3 Å². The number of hydrogen-bond acceptors (Lipinski definition) is 8. The van der Waals surface area contributed by atoms with Crippen molar-refractivity contribution < 1.29 is 24.1 Å². The molecular weight excluding hydrogens is 456 g/mol. The van der Waals surface area contributed by atoms with Gasteiger partial charge in [-0.25, -0.2) is 9.78 Å². The highest BCUT2D eigenvalue weighted by molar-refractivity contribution is 9.10. The van der Waals surface area contributed by atoms with E-state index >= 15 is 0 Å². The van der Waals surface area contributed by atoms with Crippen LogP contribution in [0.5, 0.6) is 11.5 Å². The minimum atomic E-state index is -1.09. The van der Waals surface area contributed by atoms with Crippen LogP contribution in [0.1, 0.15) is 29.3 Å². The first-order valence-corrected chi connectivity index (χ1v) is 9.68. The lowest BCUT2D eigenvalue weighted by atomic mass is 10.1. The summed E-state index contributed by atoms with van der Waals surface area (Å²) in [5.41, 5.74) is 5.24. The van der Waals surface area contributed by atoms with Crippen molar-refractivity contribution in [1.82, 2.24) is 4.98 Å². The largest absolute Gasteiger partial charge is 0.490 e. The molecule has 2 rings (SSSR count). The van der Waals surface area contributed by atoms with Crippen molar-refractivity contribution in [3.05, 3.63) is 45.1 Å². The molecule has 10 heteroatoms. The minimum Gasteiger partial charge on any atom is -0.490 e. The third-order valence-corrected chi connectivity index (χ3v) is 4.29. The van der Waals surface area contributed by atoms with E-state index in [4.69, 9.17) is 19.3 Å². The van der Waals surface area contributed by atoms with E-state index in [2.05, 4.69) is 37.5 Å². The topological polar surface area (TPSA) is 126 Å². The molecule has 0 bridgehead atoms. The number of methoxy groups -OCH3 is 1. The van der Waals surface area contributed by atoms with Gasteiger partial charge in [0.1, 0.15) is 11.6 Å². The second kappa shape index (κ2) is 11.1. The van der Waals surface area contributed by atoms with Crippen LogP contribution >= 0.6 is 15.9 Å². The summed E-state index contributed by atoms with van der Waals surface area (Å²) < 4.78 is 16.5. The van der Waals surface area contributed by atoms with E-state index in [0.717, 1.165) is 5.69 Å². The van der Waals surface area contributed by atoms with Crippen LogP contribution in [-0.2, 0) is 16.1 Å². The zero-order valence-electron chi connectivity index (χ0n) is 16.7. The summed E-state index contributed by atoms with van der Waals surface area (Å²) in [6.45, 7) is 3.79. The summed E-state index contributed by atoms with van der Waals surface area (Å²) in [5, 5.41) is 22.5. The van der Waals surface area contributed by atoms with Gasteiger partial charge in [-0.1, -0.05) is 0 Å². The van der Waals surface area contributed by atoms with Gasteiger partial charge in [0, 0.05) is 18.4 Å². The van der Waals surface area contributed by atoms with Gasteiger partial charge in [0.05, 0.1) is 23.9 Å². The molecule has 0 aliphatic rings. The van der Waals surface area contributed by atoms with Crippen LogP contribution in [-0.4, -0.2) is 42.6 Å². The second-order valence-corrected chi connectivity index (χ2v) is 6.86. The first-order chi connectivity index (χ1) is 14.4. The fraction of sp³-hybridized carbons (Fsp3) is 0.300. The van der Waals surface area contributed by atoms with Crippen LogP contribution in [0.2, 0.25) is 0 Å². The predicted molar refractivity (Wildman–Crippen MR) is 114 cm³/mol. The Bertz CT molecular complexity index is 988. The predicted octanol–water partition coefficient (Wildman–Crippen LogP) is 3.48. The molecule has 0 amide bonds. The molecule has 2 N–H and O–H groups in total. The number of ether oxygens (including phenoxy) is 3. The van der Waals surface area contributed by atoms with E-state index < -0.39 is 12.6 Å². The Labute approximate surface area is 182 Å². The lowest BCUT2D eigenvalue weighted by Crippen LogP contribution is -2.11. The molecule has 0 unspecified atom stereocenters. The number of nitrogens with zero attached hydrogens (tertiary/aromatic N) is 3. The first-order valence-electron chi connectivity index (χ1n) is 8.89. The molecule has 0 aliphatic heterocycles. The smallest absolute Gasteiger partial charge is 0.341 e. The number of carboxylic acids is 1. The molecule has 9 nitrogen and oxygen atoms in total. The molecule has 1 aromatic heterocycles. The summed E-state index contributed by atoms with van der Waals surface area (Å²) in [7, 11) is 1.56. The number of halogens is 1. The molecule has 1 aromatic carbocycles. The summed E-state index contributed by atoms with van der Waals surface area (Å²) in [4.78, 5) is 15.1. The van der Waals surface area contributed by atoms with Crippen molar-refractivity contribution in [3.63, 3.8) is 0 Å². The average molecular weight is 477 g/mol. The number of hydrazone groups is 1. The highest BCUT2D eigenvalue weighted by atomic mass is 79.9. The Morgan fingerprint density at radius 3 is 2.80 bits per heavy atom. The normalized spacial score (nSPS) is 10.6. The first kappa shape index (κ1) is 23.1. The molecule has 0 atom stereocenters.